The summed E-state index contributed by atoms with van der Waals surface area (Å²) < 4.78 is 12.3. The average Bonchev–Trinajstić information content (AvgIpc) is 2.92. The zero-order valence-electron chi connectivity index (χ0n) is 15.0. The molecule has 136 valence electrons. The van der Waals surface area contributed by atoms with E-state index in [9.17, 15) is 15.8 Å². The molecule has 1 aromatic heterocycles. The lowest BCUT2D eigenvalue weighted by atomic mass is 9.50. The van der Waals surface area contributed by atoms with Crippen molar-refractivity contribution in [3.05, 3.63) is 30.1 Å². The molecule has 1 saturated carbocycles. The molecule has 2 bridgehead atoms. The van der Waals surface area contributed by atoms with E-state index in [0.717, 1.165) is 12.8 Å². The summed E-state index contributed by atoms with van der Waals surface area (Å²) in [6.07, 6.45) is 5.05. The van der Waals surface area contributed by atoms with Crippen LogP contribution < -0.4 is 0 Å². The van der Waals surface area contributed by atoms with Crippen molar-refractivity contribution in [1.29, 1.82) is 21.2 Å². The number of hydrogen-bond acceptors (Lipinski definition) is 7. The number of rotatable bonds is 2. The molecule has 0 aromatic carbocycles. The van der Waals surface area contributed by atoms with Gasteiger partial charge in [-0.1, -0.05) is 13.3 Å². The van der Waals surface area contributed by atoms with Crippen LogP contribution in [0.5, 0.6) is 0 Å². The van der Waals surface area contributed by atoms with E-state index in [-0.39, 0.29) is 5.90 Å². The van der Waals surface area contributed by atoms with Crippen molar-refractivity contribution < 1.29 is 9.47 Å². The second kappa shape index (κ2) is 5.78. The molecule has 2 saturated heterocycles. The van der Waals surface area contributed by atoms with Gasteiger partial charge in [0.15, 0.2) is 5.41 Å². The van der Waals surface area contributed by atoms with E-state index in [0.29, 0.717) is 24.3 Å². The highest BCUT2D eigenvalue weighted by molar-refractivity contribution is 5.89. The summed E-state index contributed by atoms with van der Waals surface area (Å²) in [5.41, 5.74) is -2.95. The molecule has 7 heteroatoms. The van der Waals surface area contributed by atoms with Crippen LogP contribution in [0.15, 0.2) is 24.5 Å². The summed E-state index contributed by atoms with van der Waals surface area (Å²) in [5, 5.41) is 39.1. The first-order valence-corrected chi connectivity index (χ1v) is 9.13. The van der Waals surface area contributed by atoms with Gasteiger partial charge < -0.3 is 9.47 Å². The number of aromatic nitrogens is 1. The van der Waals surface area contributed by atoms with E-state index in [1.54, 1.807) is 24.5 Å². The number of nitrogens with one attached hydrogen (secondary N) is 1. The highest BCUT2D eigenvalue weighted by Crippen LogP contribution is 2.70. The van der Waals surface area contributed by atoms with Crippen molar-refractivity contribution in [1.82, 2.24) is 4.98 Å². The molecule has 0 amide bonds. The standard InChI is InChI=1S/C20H19N5O2/c1-2-13-3-6-20-15(9-13)19(12-23,17(24)27-20)18(10-21,11-22)16(26-20)14-4-7-25-8-5-14/h4-5,7-8,13,15-16,24H,2-3,6,9H2,1H3. The first-order valence-electron chi connectivity index (χ1n) is 9.13. The summed E-state index contributed by atoms with van der Waals surface area (Å²) in [7, 11) is 0. The smallest absolute Gasteiger partial charge is 0.217 e. The van der Waals surface area contributed by atoms with Gasteiger partial charge >= 0.3 is 0 Å². The molecule has 7 nitrogen and oxygen atoms in total. The maximum absolute atomic E-state index is 10.3. The fourth-order valence-electron chi connectivity index (χ4n) is 5.13. The van der Waals surface area contributed by atoms with Crippen LogP contribution in [0.2, 0.25) is 0 Å². The molecule has 1 aliphatic carbocycles. The normalized spacial score (nSPS) is 38.6. The molecule has 1 aromatic rings. The van der Waals surface area contributed by atoms with E-state index in [1.165, 1.54) is 0 Å². The second-order valence-corrected chi connectivity index (χ2v) is 7.57. The Morgan fingerprint density at radius 3 is 2.52 bits per heavy atom. The minimum absolute atomic E-state index is 0.314. The topological polar surface area (TPSA) is 127 Å². The van der Waals surface area contributed by atoms with Crippen LogP contribution in [0, 0.1) is 62.1 Å². The maximum atomic E-state index is 10.3. The predicted molar refractivity (Wildman–Crippen MR) is 92.4 cm³/mol. The molecule has 4 rings (SSSR count). The van der Waals surface area contributed by atoms with Crippen LogP contribution in [0.1, 0.15) is 44.3 Å². The van der Waals surface area contributed by atoms with Crippen LogP contribution in [-0.4, -0.2) is 16.7 Å². The summed E-state index contributed by atoms with van der Waals surface area (Å²) in [5.74, 6) is -1.62. The number of nitrogens with zero attached hydrogens (tertiary/aromatic N) is 4. The van der Waals surface area contributed by atoms with Crippen molar-refractivity contribution >= 4 is 5.90 Å². The fourth-order valence-corrected chi connectivity index (χ4v) is 5.13. The maximum Gasteiger partial charge on any atom is 0.217 e. The molecular formula is C20H19N5O2. The number of hydrogen-bond donors (Lipinski definition) is 1. The molecule has 0 radical (unpaired) electrons. The third-order valence-corrected chi connectivity index (χ3v) is 6.60. The zero-order valence-corrected chi connectivity index (χ0v) is 15.0. The second-order valence-electron chi connectivity index (χ2n) is 7.57. The van der Waals surface area contributed by atoms with Crippen LogP contribution in [0.25, 0.3) is 0 Å². The van der Waals surface area contributed by atoms with Gasteiger partial charge in [-0.25, -0.2) is 0 Å². The number of ether oxygens (including phenoxy) is 2. The molecular weight excluding hydrogens is 342 g/mol. The van der Waals surface area contributed by atoms with Gasteiger partial charge in [0.25, 0.3) is 0 Å². The van der Waals surface area contributed by atoms with Gasteiger partial charge in [-0.2, -0.15) is 15.8 Å². The minimum atomic E-state index is -1.87. The van der Waals surface area contributed by atoms with E-state index >= 15 is 0 Å². The summed E-state index contributed by atoms with van der Waals surface area (Å²) in [6, 6.07) is 9.71. The van der Waals surface area contributed by atoms with E-state index in [1.807, 2.05) is 0 Å². The van der Waals surface area contributed by atoms with Crippen LogP contribution in [0.3, 0.4) is 0 Å². The van der Waals surface area contributed by atoms with Gasteiger partial charge in [0.05, 0.1) is 24.1 Å². The molecule has 5 atom stereocenters. The molecule has 27 heavy (non-hydrogen) atoms. The Hall–Kier alpha value is -2.95. The van der Waals surface area contributed by atoms with Crippen LogP contribution in [-0.2, 0) is 9.47 Å². The van der Waals surface area contributed by atoms with Gasteiger partial charge in [-0.15, -0.1) is 0 Å². The predicted octanol–water partition coefficient (Wildman–Crippen LogP) is 3.23. The highest BCUT2D eigenvalue weighted by atomic mass is 16.7. The van der Waals surface area contributed by atoms with E-state index < -0.39 is 28.6 Å². The molecule has 3 aliphatic rings. The Morgan fingerprint density at radius 1 is 1.22 bits per heavy atom. The molecule has 1 N–H and O–H groups in total. The fraction of sp³-hybridized carbons (Fsp3) is 0.550. The molecule has 5 unspecified atom stereocenters. The monoisotopic (exact) mass is 361 g/mol. The Morgan fingerprint density at radius 2 is 1.93 bits per heavy atom. The Balaban J connectivity index is 1.97. The largest absolute Gasteiger partial charge is 0.447 e. The first kappa shape index (κ1) is 17.5. The van der Waals surface area contributed by atoms with Crippen molar-refractivity contribution in [2.75, 3.05) is 0 Å². The lowest BCUT2D eigenvalue weighted by Gasteiger charge is -2.52. The number of nitriles is 3. The Labute approximate surface area is 157 Å². The third kappa shape index (κ3) is 1.91. The van der Waals surface area contributed by atoms with E-state index in [2.05, 4.69) is 30.1 Å². The van der Waals surface area contributed by atoms with Crippen molar-refractivity contribution in [2.24, 2.45) is 22.7 Å². The quantitative estimate of drug-likeness (QED) is 0.861. The SMILES string of the molecule is CCC1CCC23OC(=N)C(C#N)(C2C1)C(C#N)(C#N)C(c1ccncc1)O3. The number of pyridine rings is 1. The van der Waals surface area contributed by atoms with E-state index in [4.69, 9.17) is 14.9 Å². The molecule has 3 heterocycles. The van der Waals surface area contributed by atoms with Crippen molar-refractivity contribution in [3.63, 3.8) is 0 Å². The molecule has 0 spiro atoms. The average molecular weight is 361 g/mol. The summed E-state index contributed by atoms with van der Waals surface area (Å²) in [6.45, 7) is 2.08. The van der Waals surface area contributed by atoms with Crippen LogP contribution in [0.4, 0.5) is 0 Å². The van der Waals surface area contributed by atoms with Crippen molar-refractivity contribution in [3.8, 4) is 18.2 Å². The minimum Gasteiger partial charge on any atom is -0.447 e. The van der Waals surface area contributed by atoms with Gasteiger partial charge in [-0.05, 0) is 36.5 Å². The van der Waals surface area contributed by atoms with Gasteiger partial charge in [0.2, 0.25) is 17.1 Å². The Kier molecular flexibility index (Phi) is 3.74. The molecule has 3 fully saturated rings. The third-order valence-electron chi connectivity index (χ3n) is 6.60. The summed E-state index contributed by atoms with van der Waals surface area (Å²) in [4.78, 5) is 3.99. The lowest BCUT2D eigenvalue weighted by molar-refractivity contribution is -0.299. The van der Waals surface area contributed by atoms with Gasteiger partial charge in [0, 0.05) is 18.8 Å². The van der Waals surface area contributed by atoms with Gasteiger partial charge in [0.1, 0.15) is 6.10 Å². The Bertz CT molecular complexity index is 897. The van der Waals surface area contributed by atoms with Gasteiger partial charge in [-0.3, -0.25) is 10.4 Å². The van der Waals surface area contributed by atoms with Crippen molar-refractivity contribution in [2.45, 2.75) is 44.5 Å². The lowest BCUT2D eigenvalue weighted by Crippen LogP contribution is -2.61. The van der Waals surface area contributed by atoms with Crippen LogP contribution >= 0.6 is 0 Å². The molecule has 2 aliphatic heterocycles. The summed E-state index contributed by atoms with van der Waals surface area (Å²) >= 11 is 0. The zero-order chi connectivity index (χ0) is 19.3. The highest BCUT2D eigenvalue weighted by Gasteiger charge is 2.80. The first-order chi connectivity index (χ1) is 13.0.